The van der Waals surface area contributed by atoms with E-state index >= 15 is 0 Å². The highest BCUT2D eigenvalue weighted by molar-refractivity contribution is 5.56. The minimum Gasteiger partial charge on any atom is -0.464 e. The Morgan fingerprint density at radius 3 is 2.74 bits per heavy atom. The van der Waals surface area contributed by atoms with Crippen molar-refractivity contribution < 1.29 is 13.9 Å². The number of aromatic nitrogens is 1. The maximum Gasteiger partial charge on any atom is 0.261 e. The molecule has 0 spiro atoms. The van der Waals surface area contributed by atoms with Crippen LogP contribution in [0.5, 0.6) is 0 Å². The van der Waals surface area contributed by atoms with Crippen LogP contribution < -0.4 is 5.56 Å². The van der Waals surface area contributed by atoms with Crippen LogP contribution in [0, 0.1) is 5.92 Å². The molecular formula is C21H22N2O4. The fourth-order valence-electron chi connectivity index (χ4n) is 4.61. The Labute approximate surface area is 156 Å². The quantitative estimate of drug-likeness (QED) is 0.769. The van der Waals surface area contributed by atoms with Gasteiger partial charge < -0.3 is 18.5 Å². The minimum absolute atomic E-state index is 0.0456. The van der Waals surface area contributed by atoms with Gasteiger partial charge in [-0.1, -0.05) is 0 Å². The molecule has 6 heteroatoms. The standard InChI is InChI=1S/C21H22N2O4/c24-13-17-4-3-16(27-17)12-22-9-14-8-15(11-22)19-6-5-18(20-2-1-7-26-20)21(25)23(19)10-14/h1-7,14-15,24H,8-13H2/t14-,15+/m0/s1. The third-order valence-corrected chi connectivity index (χ3v) is 5.72. The van der Waals surface area contributed by atoms with Crippen molar-refractivity contribution in [3.8, 4) is 11.3 Å². The average Bonchev–Trinajstić information content (AvgIpc) is 3.34. The zero-order chi connectivity index (χ0) is 18.4. The normalized spacial score (nSPS) is 22.0. The van der Waals surface area contributed by atoms with E-state index < -0.39 is 0 Å². The van der Waals surface area contributed by atoms with Gasteiger partial charge in [-0.15, -0.1) is 0 Å². The van der Waals surface area contributed by atoms with Crippen LogP contribution in [0.2, 0.25) is 0 Å². The van der Waals surface area contributed by atoms with Crippen LogP contribution in [0.25, 0.3) is 11.3 Å². The minimum atomic E-state index is -0.0699. The second kappa shape index (κ2) is 6.55. The summed E-state index contributed by atoms with van der Waals surface area (Å²) in [5.41, 5.74) is 1.80. The Hall–Kier alpha value is -2.57. The van der Waals surface area contributed by atoms with Crippen molar-refractivity contribution in [2.75, 3.05) is 13.1 Å². The molecule has 0 aliphatic carbocycles. The van der Waals surface area contributed by atoms with Crippen LogP contribution in [0.1, 0.15) is 29.6 Å². The number of fused-ring (bicyclic) bond motifs is 4. The van der Waals surface area contributed by atoms with E-state index in [1.807, 2.05) is 34.9 Å². The van der Waals surface area contributed by atoms with E-state index in [1.54, 1.807) is 6.26 Å². The smallest absolute Gasteiger partial charge is 0.261 e. The summed E-state index contributed by atoms with van der Waals surface area (Å²) in [4.78, 5) is 15.4. The molecule has 0 unspecified atom stereocenters. The van der Waals surface area contributed by atoms with Gasteiger partial charge in [-0.3, -0.25) is 9.69 Å². The SMILES string of the molecule is O=c1c(-c2ccco2)ccc2n1C[C@H]1C[C@@H]2CN(Cc2ccc(CO)o2)C1. The molecular weight excluding hydrogens is 344 g/mol. The van der Waals surface area contributed by atoms with Gasteiger partial charge in [0, 0.05) is 31.2 Å². The maximum atomic E-state index is 13.0. The summed E-state index contributed by atoms with van der Waals surface area (Å²) in [6, 6.07) is 11.4. The molecule has 0 aromatic carbocycles. The zero-order valence-electron chi connectivity index (χ0n) is 15.0. The topological polar surface area (TPSA) is 71.8 Å². The van der Waals surface area contributed by atoms with E-state index in [4.69, 9.17) is 13.9 Å². The number of hydrogen-bond donors (Lipinski definition) is 1. The Bertz CT molecular complexity index is 1000. The highest BCUT2D eigenvalue weighted by Gasteiger charge is 2.35. The summed E-state index contributed by atoms with van der Waals surface area (Å²) in [7, 11) is 0. The van der Waals surface area contributed by atoms with Gasteiger partial charge >= 0.3 is 0 Å². The lowest BCUT2D eigenvalue weighted by Crippen LogP contribution is -2.46. The molecule has 3 aromatic heterocycles. The lowest BCUT2D eigenvalue weighted by Gasteiger charge is -2.42. The van der Waals surface area contributed by atoms with Gasteiger partial charge in [0.2, 0.25) is 0 Å². The number of likely N-dealkylation sites (tertiary alicyclic amines) is 1. The van der Waals surface area contributed by atoms with Gasteiger partial charge in [0.15, 0.2) is 0 Å². The first kappa shape index (κ1) is 16.6. The average molecular weight is 366 g/mol. The molecule has 3 aromatic rings. The van der Waals surface area contributed by atoms with Crippen molar-refractivity contribution in [1.29, 1.82) is 0 Å². The Kier molecular flexibility index (Phi) is 4.02. The summed E-state index contributed by atoms with van der Waals surface area (Å²) in [6.45, 7) is 3.27. The molecule has 2 atom stereocenters. The number of rotatable bonds is 4. The van der Waals surface area contributed by atoms with Gasteiger partial charge in [-0.25, -0.2) is 0 Å². The highest BCUT2D eigenvalue weighted by atomic mass is 16.4. The highest BCUT2D eigenvalue weighted by Crippen LogP contribution is 2.36. The first-order valence-electron chi connectivity index (χ1n) is 9.39. The second-order valence-corrected chi connectivity index (χ2v) is 7.58. The molecule has 5 heterocycles. The fraction of sp³-hybridized carbons (Fsp3) is 0.381. The summed E-state index contributed by atoms with van der Waals surface area (Å²) in [5, 5.41) is 9.17. The first-order chi connectivity index (χ1) is 13.2. The lowest BCUT2D eigenvalue weighted by atomic mass is 9.83. The second-order valence-electron chi connectivity index (χ2n) is 7.58. The van der Waals surface area contributed by atoms with E-state index in [1.165, 1.54) is 0 Å². The van der Waals surface area contributed by atoms with Crippen LogP contribution >= 0.6 is 0 Å². The van der Waals surface area contributed by atoms with Crippen molar-refractivity contribution in [2.45, 2.75) is 32.0 Å². The van der Waals surface area contributed by atoms with E-state index in [-0.39, 0.29) is 12.2 Å². The maximum absolute atomic E-state index is 13.0. The lowest BCUT2D eigenvalue weighted by molar-refractivity contribution is 0.106. The zero-order valence-corrected chi connectivity index (χ0v) is 15.0. The molecule has 27 heavy (non-hydrogen) atoms. The molecule has 140 valence electrons. The van der Waals surface area contributed by atoms with Crippen LogP contribution in [-0.2, 0) is 19.7 Å². The van der Waals surface area contributed by atoms with Gasteiger partial charge in [-0.2, -0.15) is 0 Å². The Morgan fingerprint density at radius 1 is 1.07 bits per heavy atom. The van der Waals surface area contributed by atoms with Gasteiger partial charge in [0.05, 0.1) is 18.4 Å². The number of nitrogens with zero attached hydrogens (tertiary/aromatic N) is 2. The molecule has 0 saturated carbocycles. The van der Waals surface area contributed by atoms with Crippen molar-refractivity contribution in [2.24, 2.45) is 5.92 Å². The predicted octanol–water partition coefficient (Wildman–Crippen LogP) is 2.81. The number of pyridine rings is 1. The number of aliphatic hydroxyl groups is 1. The Morgan fingerprint density at radius 2 is 1.96 bits per heavy atom. The van der Waals surface area contributed by atoms with E-state index in [0.717, 1.165) is 44.1 Å². The third kappa shape index (κ3) is 2.95. The number of hydrogen-bond acceptors (Lipinski definition) is 5. The summed E-state index contributed by atoms with van der Waals surface area (Å²) in [6.07, 6.45) is 2.72. The molecule has 2 aliphatic rings. The summed E-state index contributed by atoms with van der Waals surface area (Å²) < 4.78 is 13.0. The third-order valence-electron chi connectivity index (χ3n) is 5.72. The van der Waals surface area contributed by atoms with Gasteiger partial charge in [0.1, 0.15) is 23.9 Å². The summed E-state index contributed by atoms with van der Waals surface area (Å²) >= 11 is 0. The molecule has 0 amide bonds. The molecule has 2 aliphatic heterocycles. The van der Waals surface area contributed by atoms with Crippen molar-refractivity contribution in [1.82, 2.24) is 9.47 Å². The molecule has 1 N–H and O–H groups in total. The van der Waals surface area contributed by atoms with E-state index in [2.05, 4.69) is 11.0 Å². The first-order valence-corrected chi connectivity index (χ1v) is 9.39. The predicted molar refractivity (Wildman–Crippen MR) is 99.2 cm³/mol. The van der Waals surface area contributed by atoms with Crippen molar-refractivity contribution in [3.63, 3.8) is 0 Å². The molecule has 0 radical (unpaired) electrons. The fourth-order valence-corrected chi connectivity index (χ4v) is 4.61. The Balaban J connectivity index is 1.41. The van der Waals surface area contributed by atoms with E-state index in [0.29, 0.717) is 28.9 Å². The summed E-state index contributed by atoms with van der Waals surface area (Å²) in [5.74, 6) is 2.91. The van der Waals surface area contributed by atoms with Crippen molar-refractivity contribution in [3.05, 3.63) is 70.2 Å². The molecule has 5 rings (SSSR count). The molecule has 2 bridgehead atoms. The van der Waals surface area contributed by atoms with Crippen LogP contribution in [0.3, 0.4) is 0 Å². The largest absolute Gasteiger partial charge is 0.464 e. The van der Waals surface area contributed by atoms with Crippen LogP contribution in [-0.4, -0.2) is 27.7 Å². The van der Waals surface area contributed by atoms with Gasteiger partial charge in [0.25, 0.3) is 5.56 Å². The number of aliphatic hydroxyl groups excluding tert-OH is 1. The number of piperidine rings is 1. The monoisotopic (exact) mass is 366 g/mol. The van der Waals surface area contributed by atoms with Crippen LogP contribution in [0.4, 0.5) is 0 Å². The molecule has 6 nitrogen and oxygen atoms in total. The molecule has 1 fully saturated rings. The van der Waals surface area contributed by atoms with Crippen molar-refractivity contribution >= 4 is 0 Å². The number of furan rings is 2. The molecule has 1 saturated heterocycles. The van der Waals surface area contributed by atoms with E-state index in [9.17, 15) is 4.79 Å². The van der Waals surface area contributed by atoms with Crippen LogP contribution in [0.15, 0.2) is 56.3 Å². The van der Waals surface area contributed by atoms with Gasteiger partial charge in [-0.05, 0) is 48.7 Å².